The van der Waals surface area contributed by atoms with Gasteiger partial charge in [-0.2, -0.15) is 0 Å². The number of H-pyrrole nitrogens is 1. The zero-order valence-electron chi connectivity index (χ0n) is 15.5. The number of rotatable bonds is 4. The molecule has 0 saturated heterocycles. The van der Waals surface area contributed by atoms with Crippen LogP contribution in [-0.4, -0.2) is 25.4 Å². The van der Waals surface area contributed by atoms with Gasteiger partial charge in [0.25, 0.3) is 5.91 Å². The lowest BCUT2D eigenvalue weighted by molar-refractivity contribution is 0.0938. The predicted molar refractivity (Wildman–Crippen MR) is 107 cm³/mol. The number of aromatic nitrogens is 4. The van der Waals surface area contributed by atoms with Gasteiger partial charge in [0.2, 0.25) is 5.43 Å². The number of hydrogen-bond donors (Lipinski definition) is 2. The minimum absolute atomic E-state index is 0.0695. The molecule has 140 valence electrons. The van der Waals surface area contributed by atoms with Gasteiger partial charge in [-0.3, -0.25) is 9.59 Å². The molecule has 3 aromatic heterocycles. The molecule has 1 aromatic carbocycles. The number of imidazole rings is 1. The van der Waals surface area contributed by atoms with Crippen molar-refractivity contribution in [3.63, 3.8) is 0 Å². The highest BCUT2D eigenvalue weighted by Gasteiger charge is 2.16. The van der Waals surface area contributed by atoms with Crippen molar-refractivity contribution in [3.05, 3.63) is 88.4 Å². The van der Waals surface area contributed by atoms with E-state index >= 15 is 0 Å². The summed E-state index contributed by atoms with van der Waals surface area (Å²) >= 11 is 0. The maximum absolute atomic E-state index is 12.6. The predicted octanol–water partition coefficient (Wildman–Crippen LogP) is 2.91. The molecule has 0 bridgehead atoms. The Bertz CT molecular complexity index is 1190. The molecule has 0 aliphatic rings. The summed E-state index contributed by atoms with van der Waals surface area (Å²) < 4.78 is 1.90. The zero-order valence-corrected chi connectivity index (χ0v) is 15.5. The van der Waals surface area contributed by atoms with Crippen molar-refractivity contribution in [3.8, 4) is 5.69 Å². The van der Waals surface area contributed by atoms with E-state index in [0.717, 1.165) is 16.9 Å². The average molecular weight is 373 g/mol. The molecule has 3 heterocycles. The topological polar surface area (TPSA) is 92.7 Å². The maximum Gasteiger partial charge on any atom is 0.257 e. The summed E-state index contributed by atoms with van der Waals surface area (Å²) in [4.78, 5) is 36.5. The van der Waals surface area contributed by atoms with Crippen LogP contribution in [0, 0.1) is 6.92 Å². The van der Waals surface area contributed by atoms with Gasteiger partial charge < -0.3 is 14.9 Å². The first kappa shape index (κ1) is 17.7. The summed E-state index contributed by atoms with van der Waals surface area (Å²) in [6.45, 7) is 3.72. The van der Waals surface area contributed by atoms with Crippen molar-refractivity contribution in [2.75, 3.05) is 0 Å². The Kier molecular flexibility index (Phi) is 4.49. The van der Waals surface area contributed by atoms with Gasteiger partial charge >= 0.3 is 0 Å². The van der Waals surface area contributed by atoms with Crippen molar-refractivity contribution in [2.45, 2.75) is 19.9 Å². The third-order valence-electron chi connectivity index (χ3n) is 4.66. The number of nitrogens with zero attached hydrogens (tertiary/aromatic N) is 3. The molecule has 1 unspecified atom stereocenters. The van der Waals surface area contributed by atoms with Crippen molar-refractivity contribution < 1.29 is 4.79 Å². The summed E-state index contributed by atoms with van der Waals surface area (Å²) in [5.74, 6) is -0.421. The SMILES string of the molecule is Cc1ccc2c(=O)c(C(=O)NC(C)c3ccc(-n4ccnc4)cc3)c[nH]c2n1. The lowest BCUT2D eigenvalue weighted by Gasteiger charge is -2.15. The number of nitrogens with one attached hydrogen (secondary N) is 2. The van der Waals surface area contributed by atoms with Crippen molar-refractivity contribution in [1.82, 2.24) is 24.8 Å². The largest absolute Gasteiger partial charge is 0.345 e. The number of aromatic amines is 1. The van der Waals surface area contributed by atoms with Crippen LogP contribution >= 0.6 is 0 Å². The van der Waals surface area contributed by atoms with E-state index in [0.29, 0.717) is 11.0 Å². The second-order valence-corrected chi connectivity index (χ2v) is 6.64. The van der Waals surface area contributed by atoms with E-state index in [1.807, 2.05) is 48.9 Å². The first-order valence-electron chi connectivity index (χ1n) is 8.91. The number of hydrogen-bond acceptors (Lipinski definition) is 4. The third-order valence-corrected chi connectivity index (χ3v) is 4.66. The molecule has 7 heteroatoms. The average Bonchev–Trinajstić information content (AvgIpc) is 3.23. The highest BCUT2D eigenvalue weighted by Crippen LogP contribution is 2.16. The van der Waals surface area contributed by atoms with Crippen LogP contribution in [0.25, 0.3) is 16.7 Å². The first-order valence-corrected chi connectivity index (χ1v) is 8.91. The quantitative estimate of drug-likeness (QED) is 0.575. The Labute approximate surface area is 161 Å². The number of carbonyl (C=O) groups is 1. The molecule has 1 amide bonds. The van der Waals surface area contributed by atoms with E-state index in [-0.39, 0.29) is 17.0 Å². The second kappa shape index (κ2) is 7.11. The van der Waals surface area contributed by atoms with Gasteiger partial charge in [0, 0.05) is 30.0 Å². The molecule has 0 aliphatic heterocycles. The fraction of sp³-hybridized carbons (Fsp3) is 0.143. The van der Waals surface area contributed by atoms with Crippen LogP contribution in [0.5, 0.6) is 0 Å². The van der Waals surface area contributed by atoms with Gasteiger partial charge in [0.05, 0.1) is 17.8 Å². The van der Waals surface area contributed by atoms with Crippen LogP contribution in [0.3, 0.4) is 0 Å². The molecule has 2 N–H and O–H groups in total. The van der Waals surface area contributed by atoms with Crippen LogP contribution in [0.2, 0.25) is 0 Å². The molecular formula is C21H19N5O2. The summed E-state index contributed by atoms with van der Waals surface area (Å²) in [6.07, 6.45) is 6.72. The van der Waals surface area contributed by atoms with Gasteiger partial charge in [0.15, 0.2) is 0 Å². The fourth-order valence-electron chi connectivity index (χ4n) is 3.07. The molecule has 28 heavy (non-hydrogen) atoms. The molecule has 0 fully saturated rings. The fourth-order valence-corrected chi connectivity index (χ4v) is 3.07. The Morgan fingerprint density at radius 1 is 1.18 bits per heavy atom. The molecule has 0 aliphatic carbocycles. The first-order chi connectivity index (χ1) is 13.5. The van der Waals surface area contributed by atoms with E-state index in [4.69, 9.17) is 0 Å². The Morgan fingerprint density at radius 3 is 2.68 bits per heavy atom. The summed E-state index contributed by atoms with van der Waals surface area (Å²) in [6, 6.07) is 11.0. The number of carbonyl (C=O) groups excluding carboxylic acids is 1. The number of amides is 1. The minimum Gasteiger partial charge on any atom is -0.345 e. The molecule has 4 rings (SSSR count). The summed E-state index contributed by atoms with van der Waals surface area (Å²) in [5, 5.41) is 3.28. The molecular weight excluding hydrogens is 354 g/mol. The van der Waals surface area contributed by atoms with Crippen LogP contribution in [0.15, 0.2) is 66.1 Å². The number of aryl methyl sites for hydroxylation is 1. The Balaban J connectivity index is 1.55. The van der Waals surface area contributed by atoms with E-state index in [2.05, 4.69) is 20.3 Å². The number of fused-ring (bicyclic) bond motifs is 1. The number of pyridine rings is 2. The molecule has 0 saturated carbocycles. The van der Waals surface area contributed by atoms with Gasteiger partial charge in [0.1, 0.15) is 11.2 Å². The monoisotopic (exact) mass is 373 g/mol. The lowest BCUT2D eigenvalue weighted by atomic mass is 10.1. The van der Waals surface area contributed by atoms with Crippen LogP contribution in [0.4, 0.5) is 0 Å². The van der Waals surface area contributed by atoms with Crippen LogP contribution in [0.1, 0.15) is 34.6 Å². The highest BCUT2D eigenvalue weighted by atomic mass is 16.2. The molecule has 1 atom stereocenters. The van der Waals surface area contributed by atoms with Crippen molar-refractivity contribution in [1.29, 1.82) is 0 Å². The molecule has 4 aromatic rings. The normalized spacial score (nSPS) is 12.1. The van der Waals surface area contributed by atoms with Gasteiger partial charge in [-0.1, -0.05) is 12.1 Å². The Hall–Kier alpha value is -3.74. The van der Waals surface area contributed by atoms with E-state index in [9.17, 15) is 9.59 Å². The Morgan fingerprint density at radius 2 is 1.96 bits per heavy atom. The maximum atomic E-state index is 12.6. The molecule has 7 nitrogen and oxygen atoms in total. The van der Waals surface area contributed by atoms with Crippen molar-refractivity contribution in [2.24, 2.45) is 0 Å². The van der Waals surface area contributed by atoms with Gasteiger partial charge in [-0.05, 0) is 43.7 Å². The number of benzene rings is 1. The second-order valence-electron chi connectivity index (χ2n) is 6.64. The van der Waals surface area contributed by atoms with Gasteiger partial charge in [-0.25, -0.2) is 9.97 Å². The summed E-state index contributed by atoms with van der Waals surface area (Å²) in [5.41, 5.74) is 2.93. The standard InChI is InChI=1S/C21H19N5O2/c1-13-3-8-17-19(27)18(11-23-20(17)24-13)21(28)25-14(2)15-4-6-16(7-5-15)26-10-9-22-12-26/h3-12,14H,1-2H3,(H,25,28)(H,23,24,27). The highest BCUT2D eigenvalue weighted by molar-refractivity contribution is 5.96. The smallest absolute Gasteiger partial charge is 0.257 e. The van der Waals surface area contributed by atoms with Crippen LogP contribution < -0.4 is 10.7 Å². The third kappa shape index (κ3) is 3.29. The van der Waals surface area contributed by atoms with E-state index in [1.165, 1.54) is 6.20 Å². The van der Waals surface area contributed by atoms with Crippen molar-refractivity contribution >= 4 is 16.9 Å². The van der Waals surface area contributed by atoms with E-state index in [1.54, 1.807) is 24.7 Å². The molecule has 0 spiro atoms. The lowest BCUT2D eigenvalue weighted by Crippen LogP contribution is -2.31. The zero-order chi connectivity index (χ0) is 19.7. The summed E-state index contributed by atoms with van der Waals surface area (Å²) in [7, 11) is 0. The van der Waals surface area contributed by atoms with Crippen LogP contribution in [-0.2, 0) is 0 Å². The van der Waals surface area contributed by atoms with Gasteiger partial charge in [-0.15, -0.1) is 0 Å². The van der Waals surface area contributed by atoms with E-state index < -0.39 is 5.91 Å². The minimum atomic E-state index is -0.421. The molecule has 0 radical (unpaired) electrons.